The lowest BCUT2D eigenvalue weighted by Crippen LogP contribution is -2.31. The van der Waals surface area contributed by atoms with Crippen LogP contribution in [0.25, 0.3) is 17.0 Å². The number of phenols is 1. The van der Waals surface area contributed by atoms with Gasteiger partial charge in [-0.1, -0.05) is 60.7 Å². The SMILES string of the molecule is O=C(NCC/C=C/c1ccccc1)c1ccccc1CN1CCc2c([nH]c3cc(O)ccc23)C1. The molecule has 172 valence electrons. The van der Waals surface area contributed by atoms with Crippen molar-refractivity contribution in [2.45, 2.75) is 25.9 Å². The molecule has 5 heteroatoms. The van der Waals surface area contributed by atoms with Gasteiger partial charge in [-0.05, 0) is 47.7 Å². The number of fused-ring (bicyclic) bond motifs is 3. The van der Waals surface area contributed by atoms with E-state index in [2.05, 4.69) is 39.5 Å². The predicted molar refractivity (Wildman–Crippen MR) is 137 cm³/mol. The Labute approximate surface area is 199 Å². The molecule has 0 radical (unpaired) electrons. The van der Waals surface area contributed by atoms with Gasteiger partial charge in [0, 0.05) is 54.4 Å². The quantitative estimate of drug-likeness (QED) is 0.336. The summed E-state index contributed by atoms with van der Waals surface area (Å²) in [7, 11) is 0. The van der Waals surface area contributed by atoms with E-state index in [1.54, 1.807) is 12.1 Å². The van der Waals surface area contributed by atoms with E-state index < -0.39 is 0 Å². The Balaban J connectivity index is 1.21. The van der Waals surface area contributed by atoms with Crippen molar-refractivity contribution in [3.63, 3.8) is 0 Å². The van der Waals surface area contributed by atoms with Crippen LogP contribution in [-0.4, -0.2) is 34.0 Å². The van der Waals surface area contributed by atoms with Crippen molar-refractivity contribution in [1.29, 1.82) is 0 Å². The van der Waals surface area contributed by atoms with Crippen LogP contribution in [0.5, 0.6) is 5.75 Å². The highest BCUT2D eigenvalue weighted by molar-refractivity contribution is 5.95. The monoisotopic (exact) mass is 451 g/mol. The van der Waals surface area contributed by atoms with Crippen molar-refractivity contribution in [2.24, 2.45) is 0 Å². The Morgan fingerprint density at radius 1 is 1.06 bits per heavy atom. The first kappa shape index (κ1) is 22.0. The van der Waals surface area contributed by atoms with Gasteiger partial charge in [0.2, 0.25) is 0 Å². The lowest BCUT2D eigenvalue weighted by Gasteiger charge is -2.27. The molecule has 4 aromatic rings. The maximum absolute atomic E-state index is 12.9. The largest absolute Gasteiger partial charge is 0.508 e. The second-order valence-corrected chi connectivity index (χ2v) is 8.79. The first-order valence-electron chi connectivity index (χ1n) is 11.8. The van der Waals surface area contributed by atoms with E-state index in [9.17, 15) is 9.90 Å². The van der Waals surface area contributed by atoms with E-state index in [0.717, 1.165) is 54.7 Å². The molecule has 0 saturated carbocycles. The van der Waals surface area contributed by atoms with Gasteiger partial charge in [0.15, 0.2) is 0 Å². The number of aromatic amines is 1. The number of nitrogens with one attached hydrogen (secondary N) is 2. The second kappa shape index (κ2) is 9.98. The van der Waals surface area contributed by atoms with E-state index in [-0.39, 0.29) is 11.7 Å². The first-order valence-corrected chi connectivity index (χ1v) is 11.8. The number of aromatic nitrogens is 1. The summed E-state index contributed by atoms with van der Waals surface area (Å²) in [5, 5.41) is 14.0. The normalized spacial score (nSPS) is 13.9. The Morgan fingerprint density at radius 2 is 1.88 bits per heavy atom. The molecule has 3 aromatic carbocycles. The van der Waals surface area contributed by atoms with Crippen LogP contribution in [0.2, 0.25) is 0 Å². The summed E-state index contributed by atoms with van der Waals surface area (Å²) in [6.07, 6.45) is 5.90. The van der Waals surface area contributed by atoms with Crippen molar-refractivity contribution in [3.05, 3.63) is 107 Å². The van der Waals surface area contributed by atoms with E-state index in [1.807, 2.05) is 48.5 Å². The van der Waals surface area contributed by atoms with Gasteiger partial charge in [-0.15, -0.1) is 0 Å². The highest BCUT2D eigenvalue weighted by atomic mass is 16.3. The fourth-order valence-electron chi connectivity index (χ4n) is 4.70. The number of aromatic hydroxyl groups is 1. The number of phenolic OH excluding ortho intramolecular Hbond substituents is 1. The molecule has 0 atom stereocenters. The summed E-state index contributed by atoms with van der Waals surface area (Å²) in [5.41, 5.74) is 6.45. The minimum Gasteiger partial charge on any atom is -0.508 e. The summed E-state index contributed by atoms with van der Waals surface area (Å²) in [4.78, 5) is 18.7. The van der Waals surface area contributed by atoms with Gasteiger partial charge in [-0.3, -0.25) is 9.69 Å². The molecule has 0 aliphatic carbocycles. The average Bonchev–Trinajstić information content (AvgIpc) is 3.21. The number of carbonyl (C=O) groups is 1. The second-order valence-electron chi connectivity index (χ2n) is 8.79. The number of carbonyl (C=O) groups excluding carboxylic acids is 1. The van der Waals surface area contributed by atoms with Crippen molar-refractivity contribution < 1.29 is 9.90 Å². The number of benzene rings is 3. The number of rotatable bonds is 7. The topological polar surface area (TPSA) is 68.4 Å². The predicted octanol–water partition coefficient (Wildman–Crippen LogP) is 5.27. The molecule has 0 bridgehead atoms. The van der Waals surface area contributed by atoms with Gasteiger partial charge >= 0.3 is 0 Å². The molecule has 34 heavy (non-hydrogen) atoms. The smallest absolute Gasteiger partial charge is 0.251 e. The van der Waals surface area contributed by atoms with Crippen molar-refractivity contribution in [3.8, 4) is 5.75 Å². The van der Waals surface area contributed by atoms with Crippen molar-refractivity contribution in [1.82, 2.24) is 15.2 Å². The van der Waals surface area contributed by atoms with E-state index in [0.29, 0.717) is 6.54 Å². The maximum Gasteiger partial charge on any atom is 0.251 e. The third-order valence-electron chi connectivity index (χ3n) is 6.40. The van der Waals surface area contributed by atoms with Gasteiger partial charge < -0.3 is 15.4 Å². The van der Waals surface area contributed by atoms with E-state index >= 15 is 0 Å². The maximum atomic E-state index is 12.9. The van der Waals surface area contributed by atoms with Crippen LogP contribution in [0, 0.1) is 0 Å². The molecule has 1 aromatic heterocycles. The van der Waals surface area contributed by atoms with Crippen molar-refractivity contribution in [2.75, 3.05) is 13.1 Å². The zero-order valence-corrected chi connectivity index (χ0v) is 19.1. The number of nitrogens with zero attached hydrogens (tertiary/aromatic N) is 1. The number of hydrogen-bond acceptors (Lipinski definition) is 3. The van der Waals surface area contributed by atoms with Gasteiger partial charge in [0.25, 0.3) is 5.91 Å². The zero-order valence-electron chi connectivity index (χ0n) is 19.1. The molecular formula is C29H29N3O2. The molecule has 0 spiro atoms. The zero-order chi connectivity index (χ0) is 23.3. The fourth-order valence-corrected chi connectivity index (χ4v) is 4.70. The summed E-state index contributed by atoms with van der Waals surface area (Å²) in [6, 6.07) is 23.6. The average molecular weight is 452 g/mol. The highest BCUT2D eigenvalue weighted by Gasteiger charge is 2.22. The minimum atomic E-state index is -0.0255. The van der Waals surface area contributed by atoms with Crippen LogP contribution in [-0.2, 0) is 19.5 Å². The lowest BCUT2D eigenvalue weighted by molar-refractivity contribution is 0.0952. The molecule has 0 unspecified atom stereocenters. The number of amides is 1. The molecule has 1 aliphatic heterocycles. The number of hydrogen-bond donors (Lipinski definition) is 3. The van der Waals surface area contributed by atoms with E-state index in [4.69, 9.17) is 0 Å². The molecule has 1 amide bonds. The first-order chi connectivity index (χ1) is 16.7. The third-order valence-corrected chi connectivity index (χ3v) is 6.40. The molecule has 2 heterocycles. The Kier molecular flexibility index (Phi) is 6.45. The Bertz CT molecular complexity index is 1320. The van der Waals surface area contributed by atoms with Gasteiger partial charge in [0.1, 0.15) is 5.75 Å². The standard InChI is InChI=1S/C29H29N3O2/c33-23-13-14-25-26-15-17-32(20-28(26)31-27(25)18-23)19-22-11-4-5-12-24(22)29(34)30-16-7-6-10-21-8-2-1-3-9-21/h1-6,8-14,18,31,33H,7,15-17,19-20H2,(H,30,34)/b10-6+. The van der Waals surface area contributed by atoms with Gasteiger partial charge in [0.05, 0.1) is 0 Å². The number of H-pyrrole nitrogens is 1. The molecule has 5 rings (SSSR count). The summed E-state index contributed by atoms with van der Waals surface area (Å²) < 4.78 is 0. The Morgan fingerprint density at radius 3 is 2.76 bits per heavy atom. The Hall–Kier alpha value is -3.83. The molecule has 0 saturated heterocycles. The van der Waals surface area contributed by atoms with Crippen molar-refractivity contribution >= 4 is 22.9 Å². The van der Waals surface area contributed by atoms with Crippen LogP contribution in [0.4, 0.5) is 0 Å². The third kappa shape index (κ3) is 4.90. The molecule has 1 aliphatic rings. The summed E-state index contributed by atoms with van der Waals surface area (Å²) >= 11 is 0. The van der Waals surface area contributed by atoms with Crippen LogP contribution in [0.3, 0.4) is 0 Å². The molecular weight excluding hydrogens is 422 g/mol. The van der Waals surface area contributed by atoms with Crippen LogP contribution in [0.15, 0.2) is 78.9 Å². The molecule has 0 fully saturated rings. The summed E-state index contributed by atoms with van der Waals surface area (Å²) in [5.74, 6) is 0.251. The highest BCUT2D eigenvalue weighted by Crippen LogP contribution is 2.30. The van der Waals surface area contributed by atoms with Crippen LogP contribution < -0.4 is 5.32 Å². The lowest BCUT2D eigenvalue weighted by atomic mass is 10.0. The van der Waals surface area contributed by atoms with E-state index in [1.165, 1.54) is 16.6 Å². The fraction of sp³-hybridized carbons (Fsp3) is 0.207. The minimum absolute atomic E-state index is 0.0255. The van der Waals surface area contributed by atoms with Gasteiger partial charge in [-0.25, -0.2) is 0 Å². The summed E-state index contributed by atoms with van der Waals surface area (Å²) in [6.45, 7) is 3.05. The molecule has 3 N–H and O–H groups in total. The van der Waals surface area contributed by atoms with Crippen LogP contribution >= 0.6 is 0 Å². The van der Waals surface area contributed by atoms with Gasteiger partial charge in [-0.2, -0.15) is 0 Å². The van der Waals surface area contributed by atoms with Crippen LogP contribution in [0.1, 0.15) is 39.2 Å². The molecule has 5 nitrogen and oxygen atoms in total.